The molecule has 0 aliphatic heterocycles. The van der Waals surface area contributed by atoms with Crippen molar-refractivity contribution in [2.24, 2.45) is 0 Å². The van der Waals surface area contributed by atoms with Crippen LogP contribution >= 0.6 is 0 Å². The minimum absolute atomic E-state index is 0.0233. The molecule has 1 unspecified atom stereocenters. The number of ether oxygens (including phenoxy) is 3. The van der Waals surface area contributed by atoms with E-state index in [9.17, 15) is 9.59 Å². The lowest BCUT2D eigenvalue weighted by Crippen LogP contribution is -2.30. The normalized spacial score (nSPS) is 13.0. The zero-order valence-electron chi connectivity index (χ0n) is 36.6. The van der Waals surface area contributed by atoms with Crippen LogP contribution in [-0.2, 0) is 23.8 Å². The summed E-state index contributed by atoms with van der Waals surface area (Å²) < 4.78 is 17.2. The molecular weight excluding hydrogens is 693 g/mol. The van der Waals surface area contributed by atoms with Crippen LogP contribution in [0.25, 0.3) is 0 Å². The molecule has 0 saturated heterocycles. The van der Waals surface area contributed by atoms with Crippen molar-refractivity contribution in [1.29, 1.82) is 0 Å². The van der Waals surface area contributed by atoms with Crippen LogP contribution in [0.5, 0.6) is 0 Å². The molecule has 0 aromatic heterocycles. The van der Waals surface area contributed by atoms with Gasteiger partial charge >= 0.3 is 11.9 Å². The van der Waals surface area contributed by atoms with Crippen LogP contribution in [0.2, 0.25) is 0 Å². The van der Waals surface area contributed by atoms with E-state index in [2.05, 4.69) is 93.7 Å². The molecule has 0 aromatic rings. The highest BCUT2D eigenvalue weighted by molar-refractivity contribution is 5.71. The largest absolute Gasteiger partial charge is 0.461 e. The van der Waals surface area contributed by atoms with E-state index in [1.807, 2.05) is 12.2 Å². The molecule has 0 N–H and O–H groups in total. The molecular formula is C51H86O5. The maximum atomic E-state index is 12.7. The van der Waals surface area contributed by atoms with Crippen LogP contribution in [0.4, 0.5) is 0 Å². The summed E-state index contributed by atoms with van der Waals surface area (Å²) in [5.41, 5.74) is 0. The fraction of sp³-hybridized carbons (Fsp3) is 0.686. The summed E-state index contributed by atoms with van der Waals surface area (Å²) >= 11 is 0. The number of unbranched alkanes of at least 4 members (excludes halogenated alkanes) is 17. The van der Waals surface area contributed by atoms with Crippen LogP contribution in [0, 0.1) is 0 Å². The van der Waals surface area contributed by atoms with E-state index in [1.165, 1.54) is 89.9 Å². The van der Waals surface area contributed by atoms with Crippen molar-refractivity contribution in [3.63, 3.8) is 0 Å². The molecule has 5 heteroatoms. The van der Waals surface area contributed by atoms with Gasteiger partial charge in [-0.1, -0.05) is 196 Å². The first-order valence-electron chi connectivity index (χ1n) is 23.1. The van der Waals surface area contributed by atoms with Crippen molar-refractivity contribution in [3.05, 3.63) is 85.1 Å². The van der Waals surface area contributed by atoms with Crippen LogP contribution in [0.1, 0.15) is 201 Å². The summed E-state index contributed by atoms with van der Waals surface area (Å²) in [5, 5.41) is 0. The number of carbonyl (C=O) groups excluding carboxylic acids is 2. The van der Waals surface area contributed by atoms with Gasteiger partial charge in [-0.05, 0) is 77.0 Å². The molecule has 1 atom stereocenters. The maximum absolute atomic E-state index is 12.7. The molecule has 0 aliphatic carbocycles. The van der Waals surface area contributed by atoms with E-state index >= 15 is 0 Å². The van der Waals surface area contributed by atoms with Gasteiger partial charge in [-0.15, -0.1) is 0 Å². The van der Waals surface area contributed by atoms with Gasteiger partial charge in [0.2, 0.25) is 0 Å². The fourth-order valence-electron chi connectivity index (χ4n) is 6.02. The fourth-order valence-corrected chi connectivity index (χ4v) is 6.02. The second kappa shape index (κ2) is 46.5. The number of hydrogen-bond donors (Lipinski definition) is 0. The smallest absolute Gasteiger partial charge is 0.309 e. The Morgan fingerprint density at radius 2 is 0.857 bits per heavy atom. The molecule has 5 nitrogen and oxygen atoms in total. The molecule has 0 rings (SSSR count). The van der Waals surface area contributed by atoms with Crippen LogP contribution in [-0.4, -0.2) is 37.9 Å². The first-order chi connectivity index (χ1) is 27.6. The lowest BCUT2D eigenvalue weighted by atomic mass is 10.1. The molecule has 56 heavy (non-hydrogen) atoms. The number of hydrogen-bond acceptors (Lipinski definition) is 5. The number of carbonyl (C=O) groups is 2. The monoisotopic (exact) mass is 779 g/mol. The van der Waals surface area contributed by atoms with E-state index < -0.39 is 6.10 Å². The SMILES string of the molecule is CC/C=C\C/C=C\C/C=C\C/C=C\C/C=C\CC(=O)OCC(COCCCCCCCCCCCC)OC(=O)CCCCCCC/C=C\C/C=C\CCCCC. The second-order valence-electron chi connectivity index (χ2n) is 14.9. The molecule has 0 bridgehead atoms. The van der Waals surface area contributed by atoms with Gasteiger partial charge in [0.05, 0.1) is 13.0 Å². The highest BCUT2D eigenvalue weighted by Gasteiger charge is 2.17. The van der Waals surface area contributed by atoms with Gasteiger partial charge in [0.25, 0.3) is 0 Å². The summed E-state index contributed by atoms with van der Waals surface area (Å²) in [5.74, 6) is -0.562. The minimum Gasteiger partial charge on any atom is -0.461 e. The Hall–Kier alpha value is -2.92. The Labute approximate surface area is 346 Å². The average molecular weight is 779 g/mol. The first kappa shape index (κ1) is 53.1. The van der Waals surface area contributed by atoms with Crippen molar-refractivity contribution in [2.75, 3.05) is 19.8 Å². The Balaban J connectivity index is 4.41. The van der Waals surface area contributed by atoms with Gasteiger partial charge in [0.15, 0.2) is 6.10 Å². The van der Waals surface area contributed by atoms with Gasteiger partial charge in [0, 0.05) is 13.0 Å². The molecule has 0 fully saturated rings. The lowest BCUT2D eigenvalue weighted by Gasteiger charge is -2.18. The van der Waals surface area contributed by atoms with E-state index in [1.54, 1.807) is 0 Å². The minimum atomic E-state index is -0.583. The summed E-state index contributed by atoms with van der Waals surface area (Å²) in [4.78, 5) is 25.2. The van der Waals surface area contributed by atoms with E-state index in [-0.39, 0.29) is 31.6 Å². The van der Waals surface area contributed by atoms with Crippen molar-refractivity contribution < 1.29 is 23.8 Å². The maximum Gasteiger partial charge on any atom is 0.309 e. The Morgan fingerprint density at radius 1 is 0.429 bits per heavy atom. The third-order valence-corrected chi connectivity index (χ3v) is 9.45. The molecule has 0 saturated carbocycles. The molecule has 0 heterocycles. The summed E-state index contributed by atoms with van der Waals surface area (Å²) in [6, 6.07) is 0. The zero-order valence-corrected chi connectivity index (χ0v) is 36.6. The van der Waals surface area contributed by atoms with Crippen molar-refractivity contribution in [1.82, 2.24) is 0 Å². The topological polar surface area (TPSA) is 61.8 Å². The predicted octanol–water partition coefficient (Wildman–Crippen LogP) is 15.3. The van der Waals surface area contributed by atoms with E-state index in [0.29, 0.717) is 13.0 Å². The van der Waals surface area contributed by atoms with Crippen molar-refractivity contribution in [2.45, 2.75) is 207 Å². The van der Waals surface area contributed by atoms with Crippen LogP contribution < -0.4 is 0 Å². The zero-order chi connectivity index (χ0) is 40.7. The quantitative estimate of drug-likeness (QED) is 0.0351. The molecule has 0 aliphatic rings. The van der Waals surface area contributed by atoms with Gasteiger partial charge in [0.1, 0.15) is 6.61 Å². The molecule has 0 spiro atoms. The Bertz CT molecular complexity index is 1060. The van der Waals surface area contributed by atoms with Crippen molar-refractivity contribution >= 4 is 11.9 Å². The van der Waals surface area contributed by atoms with Gasteiger partial charge in [-0.3, -0.25) is 9.59 Å². The van der Waals surface area contributed by atoms with Gasteiger partial charge < -0.3 is 14.2 Å². The van der Waals surface area contributed by atoms with E-state index in [0.717, 1.165) is 77.0 Å². The molecule has 0 aromatic carbocycles. The highest BCUT2D eigenvalue weighted by Crippen LogP contribution is 2.12. The predicted molar refractivity (Wildman–Crippen MR) is 242 cm³/mol. The second-order valence-corrected chi connectivity index (χ2v) is 14.9. The standard InChI is InChI=1S/C51H86O5/c1-4-7-10-13-16-19-22-24-26-28-30-32-35-38-41-44-50(52)55-48-49(47-54-46-43-40-37-34-21-18-15-12-9-6-3)56-51(53)45-42-39-36-33-31-29-27-25-23-20-17-14-11-8-5-2/h7,10,16-17,19-20,24-27,30,32,38,41,49H,4-6,8-9,11-15,18,21-23,28-29,31,33-37,39-40,42-48H2,1-3H3/b10-7-,19-16-,20-17-,26-24-,27-25-,32-30-,41-38-. The van der Waals surface area contributed by atoms with Crippen molar-refractivity contribution in [3.8, 4) is 0 Å². The summed E-state index contributed by atoms with van der Waals surface area (Å²) in [7, 11) is 0. The van der Waals surface area contributed by atoms with Crippen LogP contribution in [0.15, 0.2) is 85.1 Å². The number of allylic oxidation sites excluding steroid dienone is 13. The summed E-state index contributed by atoms with van der Waals surface area (Å²) in [6.45, 7) is 7.55. The van der Waals surface area contributed by atoms with Gasteiger partial charge in [-0.25, -0.2) is 0 Å². The highest BCUT2D eigenvalue weighted by atomic mass is 16.6. The molecule has 0 amide bonds. The van der Waals surface area contributed by atoms with E-state index in [4.69, 9.17) is 14.2 Å². The Kier molecular flexibility index (Phi) is 44.0. The third-order valence-electron chi connectivity index (χ3n) is 9.45. The number of esters is 2. The average Bonchev–Trinajstić information content (AvgIpc) is 3.20. The van der Waals surface area contributed by atoms with Gasteiger partial charge in [-0.2, -0.15) is 0 Å². The number of rotatable bonds is 41. The third kappa shape index (κ3) is 43.8. The lowest BCUT2D eigenvalue weighted by molar-refractivity contribution is -0.162. The molecule has 0 radical (unpaired) electrons. The first-order valence-corrected chi connectivity index (χ1v) is 23.1. The van der Waals surface area contributed by atoms with Crippen LogP contribution in [0.3, 0.4) is 0 Å². The summed E-state index contributed by atoms with van der Waals surface area (Å²) in [6.07, 6.45) is 60.3. The molecule has 320 valence electrons. The Morgan fingerprint density at radius 3 is 1.41 bits per heavy atom.